The smallest absolute Gasteiger partial charge is 0.163 e. The number of benzene rings is 1. The Bertz CT molecular complexity index is 768. The number of piperazine rings is 1. The average molecular weight is 375 g/mol. The number of thiophene rings is 1. The van der Waals surface area contributed by atoms with Gasteiger partial charge < -0.3 is 19.5 Å². The molecule has 0 radical (unpaired) electrons. The number of aliphatic hydroxyl groups excluding tert-OH is 1. The summed E-state index contributed by atoms with van der Waals surface area (Å²) in [6.07, 6.45) is -0.402. The van der Waals surface area contributed by atoms with Crippen LogP contribution in [0.3, 0.4) is 0 Å². The van der Waals surface area contributed by atoms with Crippen LogP contribution in [0.15, 0.2) is 24.3 Å². The van der Waals surface area contributed by atoms with Crippen LogP contribution in [0, 0.1) is 13.8 Å². The molecule has 0 bridgehead atoms. The molecular formula is C20H26N2O3S. The number of hydrogen-bond donors (Lipinski definition) is 1. The average Bonchev–Trinajstić information content (AvgIpc) is 3.00. The number of aliphatic hydroxyl groups is 1. The molecule has 1 N–H and O–H groups in total. The van der Waals surface area contributed by atoms with E-state index in [9.17, 15) is 5.11 Å². The Labute approximate surface area is 158 Å². The van der Waals surface area contributed by atoms with E-state index in [0.717, 1.165) is 43.2 Å². The summed E-state index contributed by atoms with van der Waals surface area (Å²) in [7, 11) is 0. The fourth-order valence-corrected chi connectivity index (χ4v) is 4.72. The molecule has 1 aromatic heterocycles. The van der Waals surface area contributed by atoms with Crippen LogP contribution in [0.1, 0.15) is 21.4 Å². The first-order chi connectivity index (χ1) is 12.6. The molecule has 1 saturated heterocycles. The number of anilines is 1. The molecule has 0 aliphatic carbocycles. The minimum absolute atomic E-state index is 0.402. The summed E-state index contributed by atoms with van der Waals surface area (Å²) in [5.74, 6) is 1.68. The SMILES string of the molecule is Cc1cc(C(O)CN2CCN(c3ccc4c(c3)OCCO4)CC2)c(C)s1. The minimum Gasteiger partial charge on any atom is -0.486 e. The highest BCUT2D eigenvalue weighted by molar-refractivity contribution is 7.12. The lowest BCUT2D eigenvalue weighted by Crippen LogP contribution is -2.47. The molecule has 2 aliphatic heterocycles. The van der Waals surface area contributed by atoms with Gasteiger partial charge in [-0.1, -0.05) is 0 Å². The van der Waals surface area contributed by atoms with E-state index in [2.05, 4.69) is 41.8 Å². The van der Waals surface area contributed by atoms with Crippen molar-refractivity contribution >= 4 is 17.0 Å². The van der Waals surface area contributed by atoms with Crippen LogP contribution in [0.2, 0.25) is 0 Å². The maximum atomic E-state index is 10.6. The van der Waals surface area contributed by atoms with E-state index in [-0.39, 0.29) is 0 Å². The molecule has 0 spiro atoms. The first-order valence-corrected chi connectivity index (χ1v) is 10.0. The fourth-order valence-electron chi connectivity index (χ4n) is 3.74. The number of rotatable bonds is 4. The minimum atomic E-state index is -0.402. The van der Waals surface area contributed by atoms with E-state index in [4.69, 9.17) is 9.47 Å². The summed E-state index contributed by atoms with van der Waals surface area (Å²) < 4.78 is 11.3. The molecule has 6 heteroatoms. The van der Waals surface area contributed by atoms with E-state index >= 15 is 0 Å². The van der Waals surface area contributed by atoms with Crippen molar-refractivity contribution in [1.29, 1.82) is 0 Å². The Morgan fingerprint density at radius 3 is 2.46 bits per heavy atom. The number of ether oxygens (including phenoxy) is 2. The van der Waals surface area contributed by atoms with E-state index < -0.39 is 6.10 Å². The molecule has 1 fully saturated rings. The van der Waals surface area contributed by atoms with Crippen molar-refractivity contribution in [3.63, 3.8) is 0 Å². The molecule has 2 aromatic rings. The summed E-state index contributed by atoms with van der Waals surface area (Å²) in [5.41, 5.74) is 2.26. The van der Waals surface area contributed by atoms with Crippen LogP contribution < -0.4 is 14.4 Å². The van der Waals surface area contributed by atoms with Gasteiger partial charge >= 0.3 is 0 Å². The van der Waals surface area contributed by atoms with Gasteiger partial charge in [-0.25, -0.2) is 0 Å². The lowest BCUT2D eigenvalue weighted by molar-refractivity contribution is 0.109. The van der Waals surface area contributed by atoms with E-state index in [1.807, 2.05) is 6.07 Å². The third-order valence-electron chi connectivity index (χ3n) is 5.13. The number of β-amino-alcohol motifs (C(OH)–C–C–N with tert-alkyl or cyclic N) is 1. The molecule has 5 nitrogen and oxygen atoms in total. The van der Waals surface area contributed by atoms with Crippen LogP contribution in [-0.4, -0.2) is 55.9 Å². The van der Waals surface area contributed by atoms with Gasteiger partial charge in [0.15, 0.2) is 11.5 Å². The van der Waals surface area contributed by atoms with Crippen molar-refractivity contribution in [1.82, 2.24) is 4.90 Å². The third kappa shape index (κ3) is 3.68. The molecule has 0 amide bonds. The largest absolute Gasteiger partial charge is 0.486 e. The predicted molar refractivity (Wildman–Crippen MR) is 105 cm³/mol. The van der Waals surface area contributed by atoms with Crippen molar-refractivity contribution in [3.8, 4) is 11.5 Å². The van der Waals surface area contributed by atoms with Gasteiger partial charge in [0.2, 0.25) is 0 Å². The monoisotopic (exact) mass is 374 g/mol. The second kappa shape index (κ2) is 7.47. The summed E-state index contributed by atoms with van der Waals surface area (Å²) in [6.45, 7) is 9.94. The Kier molecular flexibility index (Phi) is 5.07. The van der Waals surface area contributed by atoms with E-state index in [1.165, 1.54) is 15.4 Å². The molecule has 4 rings (SSSR count). The van der Waals surface area contributed by atoms with Gasteiger partial charge in [0.05, 0.1) is 6.10 Å². The molecular weight excluding hydrogens is 348 g/mol. The first-order valence-electron chi connectivity index (χ1n) is 9.22. The van der Waals surface area contributed by atoms with E-state index in [0.29, 0.717) is 19.8 Å². The predicted octanol–water partition coefficient (Wildman–Crippen LogP) is 2.99. The Morgan fingerprint density at radius 2 is 1.77 bits per heavy atom. The molecule has 1 atom stereocenters. The van der Waals surface area contributed by atoms with Gasteiger partial charge in [-0.2, -0.15) is 0 Å². The fraction of sp³-hybridized carbons (Fsp3) is 0.500. The molecule has 2 aliphatic rings. The maximum absolute atomic E-state index is 10.6. The number of hydrogen-bond acceptors (Lipinski definition) is 6. The van der Waals surface area contributed by atoms with Gasteiger partial charge in [0.25, 0.3) is 0 Å². The Balaban J connectivity index is 1.35. The molecule has 140 valence electrons. The molecule has 26 heavy (non-hydrogen) atoms. The highest BCUT2D eigenvalue weighted by Crippen LogP contribution is 2.34. The first kappa shape index (κ1) is 17.6. The third-order valence-corrected chi connectivity index (χ3v) is 6.11. The second-order valence-electron chi connectivity index (χ2n) is 7.00. The Hall–Kier alpha value is -1.76. The zero-order valence-corrected chi connectivity index (χ0v) is 16.2. The van der Waals surface area contributed by atoms with E-state index in [1.54, 1.807) is 11.3 Å². The highest BCUT2D eigenvalue weighted by Gasteiger charge is 2.23. The van der Waals surface area contributed by atoms with Gasteiger partial charge in [-0.3, -0.25) is 4.90 Å². The maximum Gasteiger partial charge on any atom is 0.163 e. The van der Waals surface area contributed by atoms with Crippen LogP contribution in [0.4, 0.5) is 5.69 Å². The zero-order valence-electron chi connectivity index (χ0n) is 15.4. The van der Waals surface area contributed by atoms with Gasteiger partial charge in [-0.05, 0) is 37.6 Å². The van der Waals surface area contributed by atoms with Crippen molar-refractivity contribution < 1.29 is 14.6 Å². The number of aryl methyl sites for hydroxylation is 2. The lowest BCUT2D eigenvalue weighted by atomic mass is 10.1. The quantitative estimate of drug-likeness (QED) is 0.891. The van der Waals surface area contributed by atoms with Crippen LogP contribution in [0.5, 0.6) is 11.5 Å². The zero-order chi connectivity index (χ0) is 18.1. The van der Waals surface area contributed by atoms with Crippen LogP contribution >= 0.6 is 11.3 Å². The topological polar surface area (TPSA) is 45.2 Å². The molecule has 0 saturated carbocycles. The van der Waals surface area contributed by atoms with Crippen molar-refractivity contribution in [2.24, 2.45) is 0 Å². The van der Waals surface area contributed by atoms with Gasteiger partial charge in [0.1, 0.15) is 13.2 Å². The molecule has 1 unspecified atom stereocenters. The number of nitrogens with zero attached hydrogens (tertiary/aromatic N) is 2. The summed E-state index contributed by atoms with van der Waals surface area (Å²) >= 11 is 1.76. The normalized spacial score (nSPS) is 18.8. The van der Waals surface area contributed by atoms with Gasteiger partial charge in [0, 0.05) is 54.2 Å². The number of fused-ring (bicyclic) bond motifs is 1. The molecule has 1 aromatic carbocycles. The van der Waals surface area contributed by atoms with Crippen molar-refractivity contribution in [3.05, 3.63) is 39.6 Å². The molecule has 3 heterocycles. The Morgan fingerprint density at radius 1 is 1.04 bits per heavy atom. The highest BCUT2D eigenvalue weighted by atomic mass is 32.1. The van der Waals surface area contributed by atoms with Crippen molar-refractivity contribution in [2.45, 2.75) is 20.0 Å². The van der Waals surface area contributed by atoms with Crippen molar-refractivity contribution in [2.75, 3.05) is 50.8 Å². The van der Waals surface area contributed by atoms with Crippen LogP contribution in [-0.2, 0) is 0 Å². The lowest BCUT2D eigenvalue weighted by Gasteiger charge is -2.37. The van der Waals surface area contributed by atoms with Crippen LogP contribution in [0.25, 0.3) is 0 Å². The standard InChI is InChI=1S/C20H26N2O3S/c1-14-11-17(15(2)26-14)18(23)13-21-5-7-22(8-6-21)16-3-4-19-20(12-16)25-10-9-24-19/h3-4,11-12,18,23H,5-10,13H2,1-2H3. The summed E-state index contributed by atoms with van der Waals surface area (Å²) in [6, 6.07) is 8.31. The summed E-state index contributed by atoms with van der Waals surface area (Å²) in [4.78, 5) is 7.22. The second-order valence-corrected chi connectivity index (χ2v) is 8.46. The summed E-state index contributed by atoms with van der Waals surface area (Å²) in [5, 5.41) is 10.6. The van der Waals surface area contributed by atoms with Gasteiger partial charge in [-0.15, -0.1) is 11.3 Å².